The van der Waals surface area contributed by atoms with Gasteiger partial charge in [-0.25, -0.2) is 9.97 Å². The third kappa shape index (κ3) is 4.33. The second kappa shape index (κ2) is 9.24. The molecule has 0 atom stereocenters. The van der Waals surface area contributed by atoms with Crippen LogP contribution >= 0.6 is 0 Å². The number of nitrogens with one attached hydrogen (secondary N) is 2. The third-order valence-corrected chi connectivity index (χ3v) is 7.38. The van der Waals surface area contributed by atoms with Crippen LogP contribution in [-0.2, 0) is 4.74 Å². The Hall–Kier alpha value is -3.56. The average molecular weight is 473 g/mol. The number of ether oxygens (including phenoxy) is 1. The number of hydrogen-bond donors (Lipinski definition) is 2. The highest BCUT2D eigenvalue weighted by Crippen LogP contribution is 2.35. The smallest absolute Gasteiger partial charge is 0.270 e. The van der Waals surface area contributed by atoms with Gasteiger partial charge in [0, 0.05) is 48.2 Å². The van der Waals surface area contributed by atoms with Gasteiger partial charge < -0.3 is 15.0 Å². The van der Waals surface area contributed by atoms with Gasteiger partial charge in [0.25, 0.3) is 5.69 Å². The van der Waals surface area contributed by atoms with Crippen LogP contribution in [0, 0.1) is 10.1 Å². The van der Waals surface area contributed by atoms with Gasteiger partial charge in [-0.15, -0.1) is 0 Å². The van der Waals surface area contributed by atoms with Crippen LogP contribution in [0.4, 0.5) is 11.5 Å². The van der Waals surface area contributed by atoms with Crippen molar-refractivity contribution in [2.75, 3.05) is 31.6 Å². The standard InChI is InChI=1S/C26H28N6O3/c33-32(34)21-3-1-2-17(14-21)18-4-9-23-22(15-18)24-25(27-16-28-26(24)30-23)29-19-5-7-20(8-6-19)31-10-12-35-13-11-31/h1-4,9,14-16,19-20H,5-8,10-13H2,(H2,27,28,29,30)/t19-,20-. The van der Waals surface area contributed by atoms with Gasteiger partial charge in [0.2, 0.25) is 0 Å². The van der Waals surface area contributed by atoms with Crippen molar-refractivity contribution in [3.05, 3.63) is 58.9 Å². The van der Waals surface area contributed by atoms with Gasteiger partial charge in [-0.1, -0.05) is 18.2 Å². The van der Waals surface area contributed by atoms with Gasteiger partial charge >= 0.3 is 0 Å². The van der Waals surface area contributed by atoms with E-state index in [9.17, 15) is 10.1 Å². The summed E-state index contributed by atoms with van der Waals surface area (Å²) in [6, 6.07) is 13.8. The number of hydrogen-bond acceptors (Lipinski definition) is 7. The van der Waals surface area contributed by atoms with Crippen molar-refractivity contribution in [3.63, 3.8) is 0 Å². The summed E-state index contributed by atoms with van der Waals surface area (Å²) in [5.74, 6) is 0.840. The van der Waals surface area contributed by atoms with Crippen LogP contribution in [0.25, 0.3) is 33.1 Å². The van der Waals surface area contributed by atoms with E-state index in [1.807, 2.05) is 18.2 Å². The van der Waals surface area contributed by atoms with Crippen molar-refractivity contribution in [2.45, 2.75) is 37.8 Å². The Morgan fingerprint density at radius 2 is 1.83 bits per heavy atom. The van der Waals surface area contributed by atoms with Gasteiger partial charge in [-0.2, -0.15) is 0 Å². The molecule has 0 amide bonds. The van der Waals surface area contributed by atoms with Crippen molar-refractivity contribution >= 4 is 33.4 Å². The number of morpholine rings is 1. The minimum atomic E-state index is -0.364. The highest BCUT2D eigenvalue weighted by atomic mass is 16.6. The fourth-order valence-electron chi connectivity index (χ4n) is 5.53. The van der Waals surface area contributed by atoms with Crippen LogP contribution in [0.3, 0.4) is 0 Å². The molecule has 4 aromatic rings. The molecule has 0 radical (unpaired) electrons. The lowest BCUT2D eigenvalue weighted by molar-refractivity contribution is -0.384. The van der Waals surface area contributed by atoms with Crippen molar-refractivity contribution in [1.82, 2.24) is 19.9 Å². The van der Waals surface area contributed by atoms with Gasteiger partial charge in [0.05, 0.1) is 23.5 Å². The quantitative estimate of drug-likeness (QED) is 0.319. The number of nitrogens with zero attached hydrogens (tertiary/aromatic N) is 4. The van der Waals surface area contributed by atoms with Crippen LogP contribution < -0.4 is 5.32 Å². The Labute approximate surface area is 202 Å². The van der Waals surface area contributed by atoms with E-state index in [-0.39, 0.29) is 10.6 Å². The molecule has 3 heterocycles. The highest BCUT2D eigenvalue weighted by molar-refractivity contribution is 6.12. The molecule has 1 aliphatic carbocycles. The number of benzene rings is 2. The lowest BCUT2D eigenvalue weighted by atomic mass is 9.90. The zero-order chi connectivity index (χ0) is 23.8. The van der Waals surface area contributed by atoms with E-state index >= 15 is 0 Å². The van der Waals surface area contributed by atoms with Gasteiger partial charge in [0.15, 0.2) is 0 Å². The minimum Gasteiger partial charge on any atom is -0.379 e. The maximum Gasteiger partial charge on any atom is 0.270 e. The monoisotopic (exact) mass is 472 g/mol. The zero-order valence-corrected chi connectivity index (χ0v) is 19.4. The highest BCUT2D eigenvalue weighted by Gasteiger charge is 2.27. The molecule has 9 nitrogen and oxygen atoms in total. The average Bonchev–Trinajstić information content (AvgIpc) is 3.28. The Morgan fingerprint density at radius 3 is 2.63 bits per heavy atom. The summed E-state index contributed by atoms with van der Waals surface area (Å²) in [5.41, 5.74) is 3.57. The van der Waals surface area contributed by atoms with Crippen molar-refractivity contribution in [1.29, 1.82) is 0 Å². The molecule has 35 heavy (non-hydrogen) atoms. The SMILES string of the molecule is O=[N+]([O-])c1cccc(-c2ccc3[nH]c4ncnc(N[C@H]5CC[C@H](N6CCOCC6)CC5)c4c3c2)c1. The number of nitro benzene ring substituents is 1. The Bertz CT molecular complexity index is 1370. The van der Waals surface area contributed by atoms with E-state index in [0.717, 1.165) is 78.0 Å². The molecule has 1 saturated carbocycles. The lowest BCUT2D eigenvalue weighted by Gasteiger charge is -2.39. The predicted octanol–water partition coefficient (Wildman–Crippen LogP) is 4.74. The van der Waals surface area contributed by atoms with Crippen LogP contribution in [0.5, 0.6) is 0 Å². The molecule has 0 unspecified atom stereocenters. The molecule has 2 aliphatic rings. The topological polar surface area (TPSA) is 109 Å². The molecular formula is C26H28N6O3. The maximum absolute atomic E-state index is 11.2. The van der Waals surface area contributed by atoms with Crippen LogP contribution in [0.15, 0.2) is 48.8 Å². The molecule has 1 saturated heterocycles. The van der Waals surface area contributed by atoms with Crippen molar-refractivity contribution in [3.8, 4) is 11.1 Å². The van der Waals surface area contributed by atoms with Crippen molar-refractivity contribution in [2.24, 2.45) is 0 Å². The molecule has 0 spiro atoms. The molecule has 0 bridgehead atoms. The van der Waals surface area contributed by atoms with E-state index in [1.54, 1.807) is 18.5 Å². The maximum atomic E-state index is 11.2. The van der Waals surface area contributed by atoms with Gasteiger partial charge in [-0.05, 0) is 48.9 Å². The number of H-pyrrole nitrogens is 1. The van der Waals surface area contributed by atoms with Crippen molar-refractivity contribution < 1.29 is 9.66 Å². The van der Waals surface area contributed by atoms with E-state index in [2.05, 4.69) is 31.2 Å². The lowest BCUT2D eigenvalue weighted by Crippen LogP contribution is -2.46. The fraction of sp³-hybridized carbons (Fsp3) is 0.385. The zero-order valence-electron chi connectivity index (χ0n) is 19.4. The third-order valence-electron chi connectivity index (χ3n) is 7.38. The summed E-state index contributed by atoms with van der Waals surface area (Å²) in [6.07, 6.45) is 6.16. The Kier molecular flexibility index (Phi) is 5.79. The summed E-state index contributed by atoms with van der Waals surface area (Å²) in [5, 5.41) is 16.9. The van der Waals surface area contributed by atoms with E-state index in [1.165, 1.54) is 18.9 Å². The first-order chi connectivity index (χ1) is 17.2. The number of non-ortho nitro benzene ring substituents is 1. The summed E-state index contributed by atoms with van der Waals surface area (Å²) >= 11 is 0. The Balaban J connectivity index is 1.27. The number of aromatic amines is 1. The second-order valence-corrected chi connectivity index (χ2v) is 9.44. The van der Waals surface area contributed by atoms with E-state index in [4.69, 9.17) is 4.74 Å². The number of aromatic nitrogens is 3. The first-order valence-electron chi connectivity index (χ1n) is 12.3. The molecule has 180 valence electrons. The molecule has 9 heteroatoms. The number of anilines is 1. The molecule has 2 aromatic carbocycles. The number of rotatable bonds is 5. The summed E-state index contributed by atoms with van der Waals surface area (Å²) < 4.78 is 5.51. The van der Waals surface area contributed by atoms with Gasteiger partial charge in [0.1, 0.15) is 17.8 Å². The molecule has 2 fully saturated rings. The summed E-state index contributed by atoms with van der Waals surface area (Å²) in [4.78, 5) is 25.9. The molecule has 2 aromatic heterocycles. The molecule has 1 aliphatic heterocycles. The largest absolute Gasteiger partial charge is 0.379 e. The second-order valence-electron chi connectivity index (χ2n) is 9.44. The molecule has 2 N–H and O–H groups in total. The Morgan fingerprint density at radius 1 is 1.03 bits per heavy atom. The van der Waals surface area contributed by atoms with E-state index < -0.39 is 0 Å². The molecular weight excluding hydrogens is 444 g/mol. The normalized spacial score (nSPS) is 21.4. The van der Waals surface area contributed by atoms with Crippen LogP contribution in [0.2, 0.25) is 0 Å². The first kappa shape index (κ1) is 21.9. The fourth-order valence-corrected chi connectivity index (χ4v) is 5.53. The molecule has 6 rings (SSSR count). The first-order valence-corrected chi connectivity index (χ1v) is 12.3. The minimum absolute atomic E-state index is 0.0832. The predicted molar refractivity (Wildman–Crippen MR) is 136 cm³/mol. The summed E-state index contributed by atoms with van der Waals surface area (Å²) in [7, 11) is 0. The number of fused-ring (bicyclic) bond motifs is 3. The number of nitro groups is 1. The van der Waals surface area contributed by atoms with Crippen LogP contribution in [0.1, 0.15) is 25.7 Å². The summed E-state index contributed by atoms with van der Waals surface area (Å²) in [6.45, 7) is 3.76. The van der Waals surface area contributed by atoms with E-state index in [0.29, 0.717) is 12.1 Å². The van der Waals surface area contributed by atoms with Gasteiger partial charge in [-0.3, -0.25) is 15.0 Å². The van der Waals surface area contributed by atoms with Crippen LogP contribution in [-0.4, -0.2) is 63.2 Å².